The van der Waals surface area contributed by atoms with E-state index in [1.165, 1.54) is 18.3 Å². The molecule has 138 valence electrons. The van der Waals surface area contributed by atoms with E-state index in [0.717, 1.165) is 37.3 Å². The first-order chi connectivity index (χ1) is 12.5. The van der Waals surface area contributed by atoms with Crippen LogP contribution in [0.2, 0.25) is 5.02 Å². The Kier molecular flexibility index (Phi) is 6.06. The van der Waals surface area contributed by atoms with Gasteiger partial charge in [-0.2, -0.15) is 5.10 Å². The summed E-state index contributed by atoms with van der Waals surface area (Å²) < 4.78 is 18.5. The molecule has 26 heavy (non-hydrogen) atoms. The number of hydrogen-bond donors (Lipinski definition) is 1. The molecule has 0 unspecified atom stereocenters. The van der Waals surface area contributed by atoms with Crippen molar-refractivity contribution in [2.45, 2.75) is 26.3 Å². The van der Waals surface area contributed by atoms with E-state index in [9.17, 15) is 9.18 Å². The van der Waals surface area contributed by atoms with Crippen LogP contribution < -0.4 is 5.43 Å². The lowest BCUT2D eigenvalue weighted by atomic mass is 9.96. The van der Waals surface area contributed by atoms with Gasteiger partial charge >= 0.3 is 0 Å². The predicted octanol–water partition coefficient (Wildman–Crippen LogP) is 3.74. The molecule has 1 aromatic heterocycles. The molecular formula is C19H21ClFN3O2. The van der Waals surface area contributed by atoms with E-state index in [0.29, 0.717) is 17.3 Å². The fourth-order valence-electron chi connectivity index (χ4n) is 3.02. The summed E-state index contributed by atoms with van der Waals surface area (Å²) in [4.78, 5) is 14.4. The Hall–Kier alpha value is -2.18. The number of furan rings is 1. The lowest BCUT2D eigenvalue weighted by Gasteiger charge is -2.31. The van der Waals surface area contributed by atoms with Crippen LogP contribution in [0.25, 0.3) is 0 Å². The summed E-state index contributed by atoms with van der Waals surface area (Å²) in [5.74, 6) is 0.925. The minimum absolute atomic E-state index is 0.0644. The maximum absolute atomic E-state index is 13.1. The number of nitrogens with zero attached hydrogens (tertiary/aromatic N) is 2. The Morgan fingerprint density at radius 3 is 2.81 bits per heavy atom. The van der Waals surface area contributed by atoms with Crippen molar-refractivity contribution in [1.82, 2.24) is 10.3 Å². The Morgan fingerprint density at radius 2 is 2.15 bits per heavy atom. The molecule has 0 radical (unpaired) electrons. The summed E-state index contributed by atoms with van der Waals surface area (Å²) in [6.45, 7) is 4.08. The van der Waals surface area contributed by atoms with Gasteiger partial charge in [-0.1, -0.05) is 17.7 Å². The van der Waals surface area contributed by atoms with Crippen LogP contribution in [0.5, 0.6) is 0 Å². The smallest absolute Gasteiger partial charge is 0.243 e. The Labute approximate surface area is 156 Å². The molecule has 0 aliphatic carbocycles. The highest BCUT2D eigenvalue weighted by Crippen LogP contribution is 2.23. The zero-order chi connectivity index (χ0) is 18.5. The third-order valence-corrected chi connectivity index (χ3v) is 4.85. The molecule has 1 amide bonds. The maximum Gasteiger partial charge on any atom is 0.243 e. The number of piperidine rings is 1. The quantitative estimate of drug-likeness (QED) is 0.637. The second-order valence-corrected chi connectivity index (χ2v) is 6.88. The zero-order valence-corrected chi connectivity index (χ0v) is 15.3. The van der Waals surface area contributed by atoms with Crippen molar-refractivity contribution in [3.63, 3.8) is 0 Å². The minimum Gasteiger partial charge on any atom is -0.460 e. The molecule has 1 N–H and O–H groups in total. The van der Waals surface area contributed by atoms with Crippen LogP contribution in [0.3, 0.4) is 0 Å². The Morgan fingerprint density at radius 1 is 1.38 bits per heavy atom. The molecule has 1 aromatic carbocycles. The van der Waals surface area contributed by atoms with Gasteiger partial charge in [0.1, 0.15) is 17.3 Å². The molecule has 3 rings (SSSR count). The van der Waals surface area contributed by atoms with Gasteiger partial charge in [-0.05, 0) is 62.7 Å². The van der Waals surface area contributed by atoms with E-state index in [1.807, 2.05) is 13.0 Å². The van der Waals surface area contributed by atoms with Gasteiger partial charge in [-0.3, -0.25) is 9.69 Å². The minimum atomic E-state index is -0.334. The van der Waals surface area contributed by atoms with Crippen LogP contribution in [0, 0.1) is 18.7 Å². The molecule has 1 aliphatic heterocycles. The van der Waals surface area contributed by atoms with E-state index < -0.39 is 0 Å². The number of rotatable bonds is 5. The Bertz CT molecular complexity index is 798. The van der Waals surface area contributed by atoms with E-state index in [2.05, 4.69) is 15.4 Å². The van der Waals surface area contributed by atoms with Crippen molar-refractivity contribution in [2.75, 3.05) is 13.1 Å². The van der Waals surface area contributed by atoms with E-state index in [4.69, 9.17) is 16.0 Å². The zero-order valence-electron chi connectivity index (χ0n) is 14.5. The van der Waals surface area contributed by atoms with Crippen LogP contribution in [0.15, 0.2) is 39.9 Å². The topological polar surface area (TPSA) is 57.8 Å². The SMILES string of the molecule is Cc1ccc(C=NNC(=O)C2CCN(Cc3ccc(F)cc3Cl)CC2)o1. The number of amides is 1. The maximum atomic E-state index is 13.1. The molecule has 1 fully saturated rings. The molecule has 1 saturated heterocycles. The third kappa shape index (κ3) is 4.93. The van der Waals surface area contributed by atoms with Gasteiger partial charge in [-0.15, -0.1) is 0 Å². The summed E-state index contributed by atoms with van der Waals surface area (Å²) >= 11 is 6.08. The van der Waals surface area contributed by atoms with Crippen molar-refractivity contribution in [2.24, 2.45) is 11.0 Å². The van der Waals surface area contributed by atoms with E-state index in [-0.39, 0.29) is 17.6 Å². The van der Waals surface area contributed by atoms with Crippen molar-refractivity contribution < 1.29 is 13.6 Å². The van der Waals surface area contributed by atoms with Gasteiger partial charge in [0.25, 0.3) is 0 Å². The summed E-state index contributed by atoms with van der Waals surface area (Å²) in [5, 5.41) is 4.39. The van der Waals surface area contributed by atoms with Gasteiger partial charge in [0.05, 0.1) is 6.21 Å². The second-order valence-electron chi connectivity index (χ2n) is 6.47. The first-order valence-corrected chi connectivity index (χ1v) is 8.94. The average Bonchev–Trinajstić information content (AvgIpc) is 3.03. The fourth-order valence-corrected chi connectivity index (χ4v) is 3.24. The predicted molar refractivity (Wildman–Crippen MR) is 98.6 cm³/mol. The highest BCUT2D eigenvalue weighted by Gasteiger charge is 2.25. The van der Waals surface area contributed by atoms with Crippen molar-refractivity contribution in [1.29, 1.82) is 0 Å². The first kappa shape index (κ1) is 18.6. The van der Waals surface area contributed by atoms with Crippen LogP contribution in [0.4, 0.5) is 4.39 Å². The molecule has 5 nitrogen and oxygen atoms in total. The Balaban J connectivity index is 1.45. The van der Waals surface area contributed by atoms with Gasteiger partial charge in [0.15, 0.2) is 0 Å². The van der Waals surface area contributed by atoms with Crippen molar-refractivity contribution in [3.8, 4) is 0 Å². The fraction of sp³-hybridized carbons (Fsp3) is 0.368. The standard InChI is InChI=1S/C19H21ClFN3O2/c1-13-2-5-17(26-13)11-22-23-19(25)14-6-8-24(9-7-14)12-15-3-4-16(21)10-18(15)20/h2-5,10-11,14H,6-9,12H2,1H3,(H,23,25). The van der Waals surface area contributed by atoms with Gasteiger partial charge < -0.3 is 4.42 Å². The third-order valence-electron chi connectivity index (χ3n) is 4.50. The van der Waals surface area contributed by atoms with Gasteiger partial charge in [0.2, 0.25) is 5.91 Å². The number of halogens is 2. The van der Waals surface area contributed by atoms with Crippen LogP contribution in [-0.4, -0.2) is 30.1 Å². The van der Waals surface area contributed by atoms with Crippen LogP contribution >= 0.6 is 11.6 Å². The number of carbonyl (C=O) groups is 1. The van der Waals surface area contributed by atoms with Crippen LogP contribution in [0.1, 0.15) is 29.9 Å². The number of likely N-dealkylation sites (tertiary alicyclic amines) is 1. The highest BCUT2D eigenvalue weighted by atomic mass is 35.5. The molecule has 1 aliphatic rings. The van der Waals surface area contributed by atoms with Gasteiger partial charge in [-0.25, -0.2) is 9.82 Å². The lowest BCUT2D eigenvalue weighted by Crippen LogP contribution is -2.39. The molecule has 0 saturated carbocycles. The lowest BCUT2D eigenvalue weighted by molar-refractivity contribution is -0.126. The number of nitrogens with one attached hydrogen (secondary N) is 1. The number of hydrazone groups is 1. The summed E-state index contributed by atoms with van der Waals surface area (Å²) in [6.07, 6.45) is 3.00. The molecule has 2 heterocycles. The monoisotopic (exact) mass is 377 g/mol. The summed E-state index contributed by atoms with van der Waals surface area (Å²) in [7, 11) is 0. The van der Waals surface area contributed by atoms with Crippen molar-refractivity contribution in [3.05, 3.63) is 58.3 Å². The molecular weight excluding hydrogens is 357 g/mol. The molecule has 0 bridgehead atoms. The molecule has 0 spiro atoms. The molecule has 0 atom stereocenters. The second kappa shape index (κ2) is 8.47. The number of aryl methyl sites for hydroxylation is 1. The molecule has 7 heteroatoms. The van der Waals surface area contributed by atoms with E-state index >= 15 is 0 Å². The number of benzene rings is 1. The number of carbonyl (C=O) groups excluding carboxylic acids is 1. The first-order valence-electron chi connectivity index (χ1n) is 8.57. The highest BCUT2D eigenvalue weighted by molar-refractivity contribution is 6.31. The average molecular weight is 378 g/mol. The summed E-state index contributed by atoms with van der Waals surface area (Å²) in [5.41, 5.74) is 3.48. The molecule has 2 aromatic rings. The normalized spacial score (nSPS) is 16.3. The van der Waals surface area contributed by atoms with Gasteiger partial charge in [0, 0.05) is 17.5 Å². The summed E-state index contributed by atoms with van der Waals surface area (Å²) in [6, 6.07) is 8.09. The van der Waals surface area contributed by atoms with Crippen molar-refractivity contribution >= 4 is 23.7 Å². The van der Waals surface area contributed by atoms with E-state index in [1.54, 1.807) is 12.1 Å². The largest absolute Gasteiger partial charge is 0.460 e. The van der Waals surface area contributed by atoms with Crippen LogP contribution in [-0.2, 0) is 11.3 Å². The number of hydrogen-bond acceptors (Lipinski definition) is 4.